The van der Waals surface area contributed by atoms with Gasteiger partial charge in [-0.25, -0.2) is 0 Å². The summed E-state index contributed by atoms with van der Waals surface area (Å²) in [7, 11) is 0. The topological polar surface area (TPSA) is 17.1 Å². The average molecular weight is 254 g/mol. The van der Waals surface area contributed by atoms with Crippen molar-refractivity contribution in [3.05, 3.63) is 46.5 Å². The SMILES string of the molecule is CC1=CCC(C)(C)c2ccc(C(C)=C(C)C=O)cc21. The summed E-state index contributed by atoms with van der Waals surface area (Å²) in [4.78, 5) is 10.9. The van der Waals surface area contributed by atoms with E-state index in [0.29, 0.717) is 0 Å². The van der Waals surface area contributed by atoms with E-state index in [2.05, 4.69) is 45.0 Å². The minimum atomic E-state index is 0.199. The molecule has 1 aliphatic rings. The highest BCUT2D eigenvalue weighted by Gasteiger charge is 2.26. The molecule has 1 heteroatoms. The maximum atomic E-state index is 10.9. The highest BCUT2D eigenvalue weighted by Crippen LogP contribution is 2.39. The molecule has 0 atom stereocenters. The van der Waals surface area contributed by atoms with Crippen LogP contribution in [-0.2, 0) is 10.2 Å². The Hall–Kier alpha value is -1.63. The average Bonchev–Trinajstić information content (AvgIpc) is 2.41. The van der Waals surface area contributed by atoms with Crippen LogP contribution in [0.4, 0.5) is 0 Å². The zero-order valence-corrected chi connectivity index (χ0v) is 12.5. The van der Waals surface area contributed by atoms with E-state index in [0.717, 1.165) is 29.4 Å². The van der Waals surface area contributed by atoms with Crippen molar-refractivity contribution in [2.45, 2.75) is 46.5 Å². The van der Waals surface area contributed by atoms with Gasteiger partial charge in [-0.15, -0.1) is 0 Å². The predicted octanol–water partition coefficient (Wildman–Crippen LogP) is 4.76. The second-order valence-corrected chi connectivity index (χ2v) is 6.16. The Labute approximate surface area is 116 Å². The Morgan fingerprint density at radius 1 is 1.26 bits per heavy atom. The molecule has 0 amide bonds. The van der Waals surface area contributed by atoms with Crippen molar-refractivity contribution in [1.29, 1.82) is 0 Å². The van der Waals surface area contributed by atoms with Gasteiger partial charge in [-0.05, 0) is 72.1 Å². The molecule has 0 saturated heterocycles. The fourth-order valence-corrected chi connectivity index (χ4v) is 2.64. The van der Waals surface area contributed by atoms with E-state index < -0.39 is 0 Å². The lowest BCUT2D eigenvalue weighted by molar-refractivity contribution is -0.104. The molecule has 0 spiro atoms. The van der Waals surface area contributed by atoms with Crippen molar-refractivity contribution in [2.24, 2.45) is 0 Å². The third-order valence-corrected chi connectivity index (χ3v) is 4.29. The first-order valence-electron chi connectivity index (χ1n) is 6.81. The monoisotopic (exact) mass is 254 g/mol. The maximum absolute atomic E-state index is 10.9. The highest BCUT2D eigenvalue weighted by atomic mass is 16.1. The van der Waals surface area contributed by atoms with Crippen LogP contribution in [0.5, 0.6) is 0 Å². The molecule has 0 unspecified atom stereocenters. The fourth-order valence-electron chi connectivity index (χ4n) is 2.64. The van der Waals surface area contributed by atoms with Gasteiger partial charge in [0.2, 0.25) is 0 Å². The van der Waals surface area contributed by atoms with Crippen molar-refractivity contribution in [1.82, 2.24) is 0 Å². The van der Waals surface area contributed by atoms with Crippen LogP contribution >= 0.6 is 0 Å². The zero-order valence-electron chi connectivity index (χ0n) is 12.5. The molecule has 0 aliphatic heterocycles. The molecular formula is C18H22O. The summed E-state index contributed by atoms with van der Waals surface area (Å²) >= 11 is 0. The van der Waals surface area contributed by atoms with Crippen LogP contribution in [0.15, 0.2) is 29.8 Å². The Morgan fingerprint density at radius 3 is 2.58 bits per heavy atom. The van der Waals surface area contributed by atoms with E-state index in [-0.39, 0.29) is 5.41 Å². The third kappa shape index (κ3) is 2.42. The van der Waals surface area contributed by atoms with Gasteiger partial charge in [0, 0.05) is 0 Å². The van der Waals surface area contributed by atoms with Crippen LogP contribution in [0.3, 0.4) is 0 Å². The van der Waals surface area contributed by atoms with Crippen LogP contribution in [0.2, 0.25) is 0 Å². The lowest BCUT2D eigenvalue weighted by atomic mass is 9.73. The normalized spacial score (nSPS) is 18.3. The van der Waals surface area contributed by atoms with E-state index in [9.17, 15) is 4.79 Å². The quantitative estimate of drug-likeness (QED) is 0.549. The van der Waals surface area contributed by atoms with Gasteiger partial charge in [0.25, 0.3) is 0 Å². The number of rotatable bonds is 2. The van der Waals surface area contributed by atoms with Gasteiger partial charge in [-0.3, -0.25) is 4.79 Å². The predicted molar refractivity (Wildman–Crippen MR) is 82.1 cm³/mol. The van der Waals surface area contributed by atoms with Crippen LogP contribution < -0.4 is 0 Å². The van der Waals surface area contributed by atoms with Crippen molar-refractivity contribution >= 4 is 17.4 Å². The second-order valence-electron chi connectivity index (χ2n) is 6.16. The van der Waals surface area contributed by atoms with Gasteiger partial charge in [-0.1, -0.05) is 32.1 Å². The lowest BCUT2D eigenvalue weighted by Gasteiger charge is -2.31. The molecule has 1 aromatic carbocycles. The summed E-state index contributed by atoms with van der Waals surface area (Å²) in [5, 5.41) is 0. The molecule has 1 nitrogen and oxygen atoms in total. The molecule has 0 heterocycles. The van der Waals surface area contributed by atoms with Gasteiger partial charge in [0.1, 0.15) is 6.29 Å². The highest BCUT2D eigenvalue weighted by molar-refractivity contribution is 5.87. The van der Waals surface area contributed by atoms with E-state index >= 15 is 0 Å². The smallest absolute Gasteiger partial charge is 0.146 e. The van der Waals surface area contributed by atoms with Gasteiger partial charge < -0.3 is 0 Å². The summed E-state index contributed by atoms with van der Waals surface area (Å²) in [6, 6.07) is 6.59. The first-order chi connectivity index (χ1) is 8.86. The van der Waals surface area contributed by atoms with Gasteiger partial charge in [0.05, 0.1) is 0 Å². The Morgan fingerprint density at radius 2 is 1.95 bits per heavy atom. The van der Waals surface area contributed by atoms with Gasteiger partial charge in [0.15, 0.2) is 0 Å². The minimum Gasteiger partial charge on any atom is -0.298 e. The van der Waals surface area contributed by atoms with E-state index in [4.69, 9.17) is 0 Å². The van der Waals surface area contributed by atoms with Crippen LogP contribution in [0.1, 0.15) is 57.7 Å². The molecule has 0 bridgehead atoms. The molecule has 2 rings (SSSR count). The van der Waals surface area contributed by atoms with E-state index in [1.165, 1.54) is 16.7 Å². The van der Waals surface area contributed by atoms with Crippen LogP contribution in [0.25, 0.3) is 11.1 Å². The molecule has 0 aromatic heterocycles. The van der Waals surface area contributed by atoms with Crippen molar-refractivity contribution in [3.8, 4) is 0 Å². The first kappa shape index (κ1) is 13.8. The first-order valence-corrected chi connectivity index (χ1v) is 6.81. The number of fused-ring (bicyclic) bond motifs is 1. The molecule has 0 fully saturated rings. The van der Waals surface area contributed by atoms with Crippen molar-refractivity contribution in [2.75, 3.05) is 0 Å². The van der Waals surface area contributed by atoms with Crippen LogP contribution in [0, 0.1) is 0 Å². The van der Waals surface area contributed by atoms with Gasteiger partial charge >= 0.3 is 0 Å². The number of allylic oxidation sites excluding steroid dienone is 4. The fraction of sp³-hybridized carbons (Fsp3) is 0.389. The van der Waals surface area contributed by atoms with Gasteiger partial charge in [-0.2, -0.15) is 0 Å². The Bertz CT molecular complexity index is 586. The molecule has 1 aromatic rings. The Kier molecular flexibility index (Phi) is 3.49. The third-order valence-electron chi connectivity index (χ3n) is 4.29. The summed E-state index contributed by atoms with van der Waals surface area (Å²) in [6.45, 7) is 10.6. The number of aldehydes is 1. The molecule has 1 aliphatic carbocycles. The zero-order chi connectivity index (χ0) is 14.2. The maximum Gasteiger partial charge on any atom is 0.146 e. The van der Waals surface area contributed by atoms with Crippen LogP contribution in [-0.4, -0.2) is 6.29 Å². The summed E-state index contributed by atoms with van der Waals surface area (Å²) < 4.78 is 0. The van der Waals surface area contributed by atoms with E-state index in [1.807, 2.05) is 13.8 Å². The standard InChI is InChI=1S/C18H22O/c1-12-8-9-18(4,5)17-7-6-15(10-16(12)17)14(3)13(2)11-19/h6-8,10-11H,9H2,1-5H3. The molecular weight excluding hydrogens is 232 g/mol. The molecule has 0 radical (unpaired) electrons. The number of hydrogen-bond acceptors (Lipinski definition) is 1. The summed E-state index contributed by atoms with van der Waals surface area (Å²) in [5.41, 5.74) is 7.29. The number of carbonyl (C=O) groups is 1. The number of benzene rings is 1. The number of carbonyl (C=O) groups excluding carboxylic acids is 1. The molecule has 0 N–H and O–H groups in total. The summed E-state index contributed by atoms with van der Waals surface area (Å²) in [5.74, 6) is 0. The molecule has 100 valence electrons. The summed E-state index contributed by atoms with van der Waals surface area (Å²) in [6.07, 6.45) is 4.34. The largest absolute Gasteiger partial charge is 0.298 e. The van der Waals surface area contributed by atoms with Crippen molar-refractivity contribution < 1.29 is 4.79 Å². The van der Waals surface area contributed by atoms with E-state index in [1.54, 1.807) is 0 Å². The van der Waals surface area contributed by atoms with Crippen molar-refractivity contribution in [3.63, 3.8) is 0 Å². The second kappa shape index (κ2) is 4.80. The minimum absolute atomic E-state index is 0.199. The molecule has 19 heavy (non-hydrogen) atoms. The Balaban J connectivity index is 2.60. The molecule has 0 saturated carbocycles. The lowest BCUT2D eigenvalue weighted by Crippen LogP contribution is -2.21. The number of hydrogen-bond donors (Lipinski definition) is 0.